The molecule has 0 atom stereocenters. The molecule has 0 aliphatic carbocycles. The van der Waals surface area contributed by atoms with Crippen LogP contribution >= 0.6 is 0 Å². The first-order valence-electron chi connectivity index (χ1n) is 7.57. The SMILES string of the molecule is Cc1cn(C2CCN(Cc3ccncc3)CC2)c(=O)[nH]c1=O. The van der Waals surface area contributed by atoms with E-state index >= 15 is 0 Å². The second-order valence-corrected chi connectivity index (χ2v) is 5.84. The van der Waals surface area contributed by atoms with Crippen LogP contribution < -0.4 is 11.2 Å². The Morgan fingerprint density at radius 3 is 2.59 bits per heavy atom. The predicted octanol–water partition coefficient (Wildman–Crippen LogP) is 1.08. The highest BCUT2D eigenvalue weighted by molar-refractivity contribution is 5.09. The Kier molecular flexibility index (Phi) is 4.20. The highest BCUT2D eigenvalue weighted by Gasteiger charge is 2.21. The first-order chi connectivity index (χ1) is 10.6. The van der Waals surface area contributed by atoms with Crippen molar-refractivity contribution in [1.29, 1.82) is 0 Å². The first-order valence-corrected chi connectivity index (χ1v) is 7.57. The van der Waals surface area contributed by atoms with E-state index in [1.54, 1.807) is 17.7 Å². The normalized spacial score (nSPS) is 16.8. The average Bonchev–Trinajstić information content (AvgIpc) is 2.53. The molecule has 1 aliphatic rings. The molecule has 3 rings (SSSR count). The van der Waals surface area contributed by atoms with Gasteiger partial charge in [0.15, 0.2) is 0 Å². The molecule has 0 unspecified atom stereocenters. The molecule has 3 heterocycles. The summed E-state index contributed by atoms with van der Waals surface area (Å²) in [6.07, 6.45) is 7.13. The number of pyridine rings is 1. The van der Waals surface area contributed by atoms with E-state index < -0.39 is 0 Å². The van der Waals surface area contributed by atoms with Crippen LogP contribution in [0.25, 0.3) is 0 Å². The minimum absolute atomic E-state index is 0.164. The fourth-order valence-corrected chi connectivity index (χ4v) is 2.96. The average molecular weight is 300 g/mol. The molecule has 6 nitrogen and oxygen atoms in total. The van der Waals surface area contributed by atoms with Gasteiger partial charge in [0, 0.05) is 49.8 Å². The summed E-state index contributed by atoms with van der Waals surface area (Å²) < 4.78 is 1.68. The van der Waals surface area contributed by atoms with Crippen molar-refractivity contribution >= 4 is 0 Å². The summed E-state index contributed by atoms with van der Waals surface area (Å²) in [5.74, 6) is 0. The second-order valence-electron chi connectivity index (χ2n) is 5.84. The van der Waals surface area contributed by atoms with Gasteiger partial charge in [0.25, 0.3) is 5.56 Å². The van der Waals surface area contributed by atoms with Crippen LogP contribution in [-0.4, -0.2) is 32.5 Å². The van der Waals surface area contributed by atoms with Gasteiger partial charge in [-0.2, -0.15) is 0 Å². The van der Waals surface area contributed by atoms with Gasteiger partial charge >= 0.3 is 5.69 Å². The minimum atomic E-state index is -0.303. The molecule has 0 aromatic carbocycles. The first kappa shape index (κ1) is 14.7. The Bertz CT molecular complexity index is 743. The Balaban J connectivity index is 1.66. The highest BCUT2D eigenvalue weighted by atomic mass is 16.2. The lowest BCUT2D eigenvalue weighted by atomic mass is 10.0. The van der Waals surface area contributed by atoms with Crippen molar-refractivity contribution < 1.29 is 0 Å². The van der Waals surface area contributed by atoms with Gasteiger partial charge in [-0.15, -0.1) is 0 Å². The Hall–Kier alpha value is -2.21. The maximum absolute atomic E-state index is 12.0. The number of nitrogens with one attached hydrogen (secondary N) is 1. The molecular weight excluding hydrogens is 280 g/mol. The zero-order chi connectivity index (χ0) is 15.5. The van der Waals surface area contributed by atoms with Gasteiger partial charge in [0.1, 0.15) is 0 Å². The van der Waals surface area contributed by atoms with Crippen molar-refractivity contribution in [2.75, 3.05) is 13.1 Å². The number of aromatic amines is 1. The van der Waals surface area contributed by atoms with Crippen molar-refractivity contribution in [3.8, 4) is 0 Å². The molecule has 1 N–H and O–H groups in total. The fourth-order valence-electron chi connectivity index (χ4n) is 2.96. The molecule has 0 spiro atoms. The van der Waals surface area contributed by atoms with Crippen LogP contribution in [0.4, 0.5) is 0 Å². The van der Waals surface area contributed by atoms with Crippen LogP contribution in [0.15, 0.2) is 40.3 Å². The minimum Gasteiger partial charge on any atom is -0.299 e. The van der Waals surface area contributed by atoms with Gasteiger partial charge < -0.3 is 0 Å². The number of rotatable bonds is 3. The number of H-pyrrole nitrogens is 1. The summed E-state index contributed by atoms with van der Waals surface area (Å²) in [7, 11) is 0. The van der Waals surface area contributed by atoms with Crippen LogP contribution in [0.2, 0.25) is 0 Å². The lowest BCUT2D eigenvalue weighted by Gasteiger charge is -2.32. The van der Waals surface area contributed by atoms with Crippen LogP contribution in [0.1, 0.15) is 30.0 Å². The smallest absolute Gasteiger partial charge is 0.299 e. The van der Waals surface area contributed by atoms with E-state index in [4.69, 9.17) is 0 Å². The van der Waals surface area contributed by atoms with Gasteiger partial charge in [0.05, 0.1) is 0 Å². The van der Waals surface area contributed by atoms with Gasteiger partial charge in [-0.3, -0.25) is 24.2 Å². The fraction of sp³-hybridized carbons (Fsp3) is 0.438. The van der Waals surface area contributed by atoms with Crippen molar-refractivity contribution in [3.05, 3.63) is 62.7 Å². The molecular formula is C16H20N4O2. The summed E-state index contributed by atoms with van der Waals surface area (Å²) in [5, 5.41) is 0. The molecule has 1 fully saturated rings. The molecule has 0 bridgehead atoms. The van der Waals surface area contributed by atoms with Gasteiger partial charge in [-0.25, -0.2) is 4.79 Å². The van der Waals surface area contributed by atoms with Gasteiger partial charge in [0.2, 0.25) is 0 Å². The molecule has 1 aliphatic heterocycles. The Morgan fingerprint density at radius 2 is 1.91 bits per heavy atom. The number of aryl methyl sites for hydroxylation is 1. The molecule has 0 saturated carbocycles. The van der Waals surface area contributed by atoms with Crippen LogP contribution in [0.3, 0.4) is 0 Å². The van der Waals surface area contributed by atoms with Crippen LogP contribution in [0.5, 0.6) is 0 Å². The number of hydrogen-bond donors (Lipinski definition) is 1. The van der Waals surface area contributed by atoms with Gasteiger partial charge in [-0.1, -0.05) is 0 Å². The van der Waals surface area contributed by atoms with Crippen molar-refractivity contribution in [2.45, 2.75) is 32.4 Å². The molecule has 2 aromatic rings. The van der Waals surface area contributed by atoms with E-state index in [-0.39, 0.29) is 17.3 Å². The number of nitrogens with zero attached hydrogens (tertiary/aromatic N) is 3. The summed E-state index contributed by atoms with van der Waals surface area (Å²) in [6, 6.07) is 4.22. The maximum atomic E-state index is 12.0. The van der Waals surface area contributed by atoms with E-state index in [0.29, 0.717) is 5.56 Å². The van der Waals surface area contributed by atoms with E-state index in [9.17, 15) is 9.59 Å². The summed E-state index contributed by atoms with van der Waals surface area (Å²) in [5.41, 5.74) is 1.24. The molecule has 1 saturated heterocycles. The summed E-state index contributed by atoms with van der Waals surface area (Å²) in [4.78, 5) is 32.2. The quantitative estimate of drug-likeness (QED) is 0.920. The molecule has 116 valence electrons. The van der Waals surface area contributed by atoms with Gasteiger partial charge in [-0.05, 0) is 37.5 Å². The van der Waals surface area contributed by atoms with E-state index in [0.717, 1.165) is 32.5 Å². The van der Waals surface area contributed by atoms with E-state index in [2.05, 4.69) is 14.9 Å². The molecule has 0 amide bonds. The van der Waals surface area contributed by atoms with Crippen molar-refractivity contribution in [3.63, 3.8) is 0 Å². The van der Waals surface area contributed by atoms with Crippen LogP contribution in [0, 0.1) is 6.92 Å². The maximum Gasteiger partial charge on any atom is 0.328 e. The third kappa shape index (κ3) is 3.17. The predicted molar refractivity (Wildman–Crippen MR) is 83.8 cm³/mol. The zero-order valence-electron chi connectivity index (χ0n) is 12.7. The number of hydrogen-bond acceptors (Lipinski definition) is 4. The monoisotopic (exact) mass is 300 g/mol. The molecule has 0 radical (unpaired) electrons. The molecule has 2 aromatic heterocycles. The van der Waals surface area contributed by atoms with Crippen molar-refractivity contribution in [1.82, 2.24) is 19.4 Å². The van der Waals surface area contributed by atoms with Crippen molar-refractivity contribution in [2.24, 2.45) is 0 Å². The Morgan fingerprint density at radius 1 is 1.23 bits per heavy atom. The summed E-state index contributed by atoms with van der Waals surface area (Å²) >= 11 is 0. The zero-order valence-corrected chi connectivity index (χ0v) is 12.7. The third-order valence-electron chi connectivity index (χ3n) is 4.25. The lowest BCUT2D eigenvalue weighted by Crippen LogP contribution is -2.39. The second kappa shape index (κ2) is 6.27. The topological polar surface area (TPSA) is 71.0 Å². The molecule has 22 heavy (non-hydrogen) atoms. The largest absolute Gasteiger partial charge is 0.328 e. The third-order valence-corrected chi connectivity index (χ3v) is 4.25. The Labute approximate surface area is 128 Å². The molecule has 6 heteroatoms. The number of piperidine rings is 1. The van der Waals surface area contributed by atoms with E-state index in [1.165, 1.54) is 5.56 Å². The standard InChI is InChI=1S/C16H20N4O2/c1-12-10-20(16(22)18-15(12)21)14-4-8-19(9-5-14)11-13-2-6-17-7-3-13/h2-3,6-7,10,14H,4-5,8-9,11H2,1H3,(H,18,21,22). The van der Waals surface area contributed by atoms with E-state index in [1.807, 2.05) is 24.5 Å². The summed E-state index contributed by atoms with van der Waals surface area (Å²) in [6.45, 7) is 4.53. The number of likely N-dealkylation sites (tertiary alicyclic amines) is 1. The highest BCUT2D eigenvalue weighted by Crippen LogP contribution is 2.22. The lowest BCUT2D eigenvalue weighted by molar-refractivity contribution is 0.177. The number of aromatic nitrogens is 3. The van der Waals surface area contributed by atoms with Crippen LogP contribution in [-0.2, 0) is 6.54 Å².